The molecule has 13 heavy (non-hydrogen) atoms. The zero-order chi connectivity index (χ0) is 10.0. The molecule has 1 rings (SSSR count). The van der Waals surface area contributed by atoms with Crippen LogP contribution in [0.3, 0.4) is 0 Å². The van der Waals surface area contributed by atoms with Gasteiger partial charge in [0.1, 0.15) is 5.69 Å². The van der Waals surface area contributed by atoms with Crippen molar-refractivity contribution in [3.05, 3.63) is 17.5 Å². The van der Waals surface area contributed by atoms with Gasteiger partial charge < -0.3 is 0 Å². The highest BCUT2D eigenvalue weighted by atomic mass is 19.3. The summed E-state index contributed by atoms with van der Waals surface area (Å²) in [5.74, 6) is 0.420. The minimum atomic E-state index is -2.47. The van der Waals surface area contributed by atoms with E-state index in [0.717, 1.165) is 5.69 Å². The summed E-state index contributed by atoms with van der Waals surface area (Å²) in [5, 5.41) is 3.82. The molecule has 0 fully saturated rings. The van der Waals surface area contributed by atoms with Gasteiger partial charge in [-0.15, -0.1) is 0 Å². The lowest BCUT2D eigenvalue weighted by molar-refractivity contribution is 0.144. The molecule has 0 bridgehead atoms. The maximum atomic E-state index is 12.2. The molecule has 74 valence electrons. The van der Waals surface area contributed by atoms with Crippen molar-refractivity contribution in [2.45, 2.75) is 33.7 Å². The number of aromatic nitrogens is 2. The number of rotatable bonds is 3. The molecule has 1 aromatic heterocycles. The Kier molecular flexibility index (Phi) is 3.01. The van der Waals surface area contributed by atoms with Crippen LogP contribution in [0.15, 0.2) is 6.07 Å². The van der Waals surface area contributed by atoms with E-state index in [-0.39, 0.29) is 5.69 Å². The van der Waals surface area contributed by atoms with Crippen LogP contribution in [0.1, 0.15) is 31.7 Å². The highest BCUT2D eigenvalue weighted by molar-refractivity contribution is 5.09. The first-order chi connectivity index (χ1) is 6.00. The summed E-state index contributed by atoms with van der Waals surface area (Å²) in [7, 11) is 0. The van der Waals surface area contributed by atoms with Crippen LogP contribution in [-0.2, 0) is 6.54 Å². The van der Waals surface area contributed by atoms with Crippen molar-refractivity contribution in [1.29, 1.82) is 0 Å². The average Bonchev–Trinajstić information content (AvgIpc) is 2.31. The van der Waals surface area contributed by atoms with Crippen molar-refractivity contribution in [2.24, 2.45) is 5.92 Å². The van der Waals surface area contributed by atoms with Crippen molar-refractivity contribution < 1.29 is 8.78 Å². The van der Waals surface area contributed by atoms with Crippen LogP contribution in [0, 0.1) is 12.8 Å². The van der Waals surface area contributed by atoms with Gasteiger partial charge in [-0.2, -0.15) is 5.10 Å². The molecule has 0 aromatic carbocycles. The summed E-state index contributed by atoms with van der Waals surface area (Å²) in [5.41, 5.74) is 0.669. The number of aryl methyl sites for hydroxylation is 1. The average molecular weight is 188 g/mol. The summed E-state index contributed by atoms with van der Waals surface area (Å²) in [6.07, 6.45) is -2.47. The van der Waals surface area contributed by atoms with Crippen molar-refractivity contribution >= 4 is 0 Å². The first-order valence-electron chi connectivity index (χ1n) is 4.33. The van der Waals surface area contributed by atoms with E-state index in [1.165, 1.54) is 6.07 Å². The third-order valence-electron chi connectivity index (χ3n) is 1.76. The molecule has 4 heteroatoms. The minimum Gasteiger partial charge on any atom is -0.269 e. The second-order valence-electron chi connectivity index (χ2n) is 3.59. The van der Waals surface area contributed by atoms with Gasteiger partial charge in [-0.25, -0.2) is 8.78 Å². The monoisotopic (exact) mass is 188 g/mol. The molecule has 0 N–H and O–H groups in total. The smallest absolute Gasteiger partial charge is 0.269 e. The van der Waals surface area contributed by atoms with Crippen LogP contribution >= 0.6 is 0 Å². The fourth-order valence-corrected chi connectivity index (χ4v) is 1.17. The van der Waals surface area contributed by atoms with E-state index in [9.17, 15) is 8.78 Å². The third-order valence-corrected chi connectivity index (χ3v) is 1.76. The van der Waals surface area contributed by atoms with Crippen LogP contribution in [0.25, 0.3) is 0 Å². The van der Waals surface area contributed by atoms with E-state index < -0.39 is 6.43 Å². The van der Waals surface area contributed by atoms with E-state index >= 15 is 0 Å². The summed E-state index contributed by atoms with van der Waals surface area (Å²) in [4.78, 5) is 0. The van der Waals surface area contributed by atoms with Gasteiger partial charge in [0, 0.05) is 12.2 Å². The Morgan fingerprint density at radius 1 is 1.46 bits per heavy atom. The van der Waals surface area contributed by atoms with E-state index in [2.05, 4.69) is 5.10 Å². The molecule has 0 saturated carbocycles. The molecular formula is C9H14F2N2. The third kappa shape index (κ3) is 2.50. The van der Waals surface area contributed by atoms with E-state index in [0.29, 0.717) is 12.5 Å². The Bertz CT molecular complexity index is 279. The predicted molar refractivity (Wildman–Crippen MR) is 46.8 cm³/mol. The van der Waals surface area contributed by atoms with Crippen LogP contribution < -0.4 is 0 Å². The van der Waals surface area contributed by atoms with Crippen LogP contribution in [0.5, 0.6) is 0 Å². The Hall–Kier alpha value is -0.930. The molecule has 0 unspecified atom stereocenters. The van der Waals surface area contributed by atoms with E-state index in [4.69, 9.17) is 0 Å². The van der Waals surface area contributed by atoms with Gasteiger partial charge in [-0.1, -0.05) is 13.8 Å². The van der Waals surface area contributed by atoms with E-state index in [1.807, 2.05) is 13.8 Å². The molecule has 1 heterocycles. The second-order valence-corrected chi connectivity index (χ2v) is 3.59. The van der Waals surface area contributed by atoms with Crippen LogP contribution in [0.2, 0.25) is 0 Å². The van der Waals surface area contributed by atoms with Gasteiger partial charge in [-0.05, 0) is 18.9 Å². The fourth-order valence-electron chi connectivity index (χ4n) is 1.17. The Morgan fingerprint density at radius 2 is 2.08 bits per heavy atom. The highest BCUT2D eigenvalue weighted by Crippen LogP contribution is 2.18. The molecule has 0 atom stereocenters. The molecule has 0 spiro atoms. The number of hydrogen-bond acceptors (Lipinski definition) is 1. The lowest BCUT2D eigenvalue weighted by Crippen LogP contribution is -2.07. The second kappa shape index (κ2) is 3.85. The summed E-state index contributed by atoms with van der Waals surface area (Å²) in [6, 6.07) is 1.44. The van der Waals surface area contributed by atoms with Crippen molar-refractivity contribution in [2.75, 3.05) is 0 Å². The van der Waals surface area contributed by atoms with Gasteiger partial charge in [0.2, 0.25) is 0 Å². The van der Waals surface area contributed by atoms with Gasteiger partial charge in [-0.3, -0.25) is 4.68 Å². The Balaban J connectivity index is 2.83. The Morgan fingerprint density at radius 3 is 2.46 bits per heavy atom. The number of halogens is 2. The van der Waals surface area contributed by atoms with Crippen molar-refractivity contribution in [1.82, 2.24) is 9.78 Å². The minimum absolute atomic E-state index is 0.127. The maximum absolute atomic E-state index is 12.2. The topological polar surface area (TPSA) is 17.8 Å². The van der Waals surface area contributed by atoms with Gasteiger partial charge in [0.05, 0.1) is 0 Å². The maximum Gasteiger partial charge on any atom is 0.282 e. The normalized spacial score (nSPS) is 11.6. The molecule has 0 radical (unpaired) electrons. The van der Waals surface area contributed by atoms with Crippen molar-refractivity contribution in [3.63, 3.8) is 0 Å². The summed E-state index contributed by atoms with van der Waals surface area (Å²) >= 11 is 0. The van der Waals surface area contributed by atoms with Crippen LogP contribution in [-0.4, -0.2) is 9.78 Å². The standard InChI is InChI=1S/C9H14F2N2/c1-6(2)5-13-7(3)4-8(12-13)9(10)11/h4,6,9H,5H2,1-3H3. The quantitative estimate of drug-likeness (QED) is 0.713. The number of nitrogens with zero attached hydrogens (tertiary/aromatic N) is 2. The van der Waals surface area contributed by atoms with Gasteiger partial charge in [0.25, 0.3) is 6.43 Å². The Labute approximate surface area is 76.6 Å². The molecule has 0 aliphatic rings. The lowest BCUT2D eigenvalue weighted by Gasteiger charge is -2.06. The highest BCUT2D eigenvalue weighted by Gasteiger charge is 2.13. The molecule has 0 aliphatic carbocycles. The molecular weight excluding hydrogens is 174 g/mol. The molecule has 0 saturated heterocycles. The predicted octanol–water partition coefficient (Wildman–Crippen LogP) is 2.79. The first kappa shape index (κ1) is 10.2. The molecule has 2 nitrogen and oxygen atoms in total. The number of hydrogen-bond donors (Lipinski definition) is 0. The van der Waals surface area contributed by atoms with Gasteiger partial charge >= 0.3 is 0 Å². The summed E-state index contributed by atoms with van der Waals surface area (Å²) in [6.45, 7) is 6.55. The zero-order valence-corrected chi connectivity index (χ0v) is 8.09. The molecule has 1 aromatic rings. The van der Waals surface area contributed by atoms with Crippen molar-refractivity contribution in [3.8, 4) is 0 Å². The largest absolute Gasteiger partial charge is 0.282 e. The summed E-state index contributed by atoms with van der Waals surface area (Å²) < 4.78 is 26.1. The zero-order valence-electron chi connectivity index (χ0n) is 8.09. The first-order valence-corrected chi connectivity index (χ1v) is 4.33. The van der Waals surface area contributed by atoms with E-state index in [1.54, 1.807) is 11.6 Å². The SMILES string of the molecule is Cc1cc(C(F)F)nn1CC(C)C. The fraction of sp³-hybridized carbons (Fsp3) is 0.667. The molecule has 0 amide bonds. The van der Waals surface area contributed by atoms with Gasteiger partial charge in [0.15, 0.2) is 0 Å². The number of alkyl halides is 2. The molecule has 0 aliphatic heterocycles. The lowest BCUT2D eigenvalue weighted by atomic mass is 10.2. The van der Waals surface area contributed by atoms with Crippen LogP contribution in [0.4, 0.5) is 8.78 Å².